The first kappa shape index (κ1) is 81.9. The van der Waals surface area contributed by atoms with E-state index in [0.717, 1.165) is 84.1 Å². The molecule has 0 radical (unpaired) electrons. The van der Waals surface area contributed by atoms with Gasteiger partial charge in [-0.3, -0.25) is 59.9 Å². The van der Waals surface area contributed by atoms with Crippen LogP contribution in [0.3, 0.4) is 0 Å². The third-order valence-corrected chi connectivity index (χ3v) is 17.1. The Hall–Kier alpha value is -7.08. The van der Waals surface area contributed by atoms with Crippen molar-refractivity contribution in [1.29, 1.82) is 0 Å². The van der Waals surface area contributed by atoms with E-state index in [1.807, 2.05) is 154 Å². The van der Waals surface area contributed by atoms with Crippen molar-refractivity contribution < 1.29 is 0 Å². The topological polar surface area (TPSA) is 152 Å². The van der Waals surface area contributed by atoms with Crippen molar-refractivity contribution in [3.8, 4) is 0 Å². The first-order valence-corrected chi connectivity index (χ1v) is 33.1. The van der Waals surface area contributed by atoms with E-state index in [1.54, 1.807) is 31.0 Å². The van der Waals surface area contributed by atoms with Crippen LogP contribution in [0.1, 0.15) is 260 Å². The van der Waals surface area contributed by atoms with Crippen LogP contribution in [0.4, 0.5) is 0 Å². The lowest BCUT2D eigenvalue weighted by Crippen LogP contribution is -2.41. The third-order valence-electron chi connectivity index (χ3n) is 17.1. The Labute approximate surface area is 554 Å². The number of rotatable bonds is 20. The Morgan fingerprint density at radius 1 is 0.363 bits per heavy atom. The molecule has 0 saturated carbocycles. The molecule has 498 valence electrons. The van der Waals surface area contributed by atoms with E-state index < -0.39 is 0 Å². The smallest absolute Gasteiger partial charge is 0.0837 e. The van der Waals surface area contributed by atoms with Crippen LogP contribution in [0.15, 0.2) is 176 Å². The van der Waals surface area contributed by atoms with Gasteiger partial charge in [-0.1, -0.05) is 126 Å². The van der Waals surface area contributed by atoms with E-state index in [4.69, 9.17) is 9.98 Å². The number of hydrogen-bond acceptors (Lipinski definition) is 12. The molecule has 0 unspecified atom stereocenters. The molecule has 0 aliphatic carbocycles. The van der Waals surface area contributed by atoms with Crippen molar-refractivity contribution >= 4 is 36.3 Å². The predicted molar refractivity (Wildman–Crippen MR) is 397 cm³/mol. The molecule has 6 heterocycles. The highest BCUT2D eigenvalue weighted by Gasteiger charge is 2.40. The van der Waals surface area contributed by atoms with E-state index in [9.17, 15) is 0 Å². The standard InChI is InChI=1S/C16H26N2.C15H24N2.C13H20N2.2C12H18N2.C11H16N2/c1-6-16(7-2,8-3)15(4,5)18-13-14-11-9-10-12-17-14;1-12(13-9-7-8-10-16-13)17-15(5,6)11-14(2,3)4;1-12(2,3)13(4,5)15-10-11-8-6-7-9-14-11;1-10(2)12(3,4)14-9-11-7-5-6-8-13-11;1-5-12(3,4)14-10(2)11-8-6-7-9-13-11;1-4-11(2,3)13-9-10-7-5-6-8-12-10/h9-13H,6-8H2,1-5H3;7-10H,11H2,1-6H3;6-10H,1-5H3;5-10H,1-4H3;6-9H,5H2,1-4H3;5-9H,4H2,1-3H3. The molecule has 0 atom stereocenters. The molecule has 0 saturated heterocycles. The van der Waals surface area contributed by atoms with Crippen LogP contribution in [-0.4, -0.2) is 99.4 Å². The monoisotopic (exact) mass is 1240 g/mol. The highest BCUT2D eigenvalue weighted by atomic mass is 14.9. The molecule has 6 aromatic heterocycles. The summed E-state index contributed by atoms with van der Waals surface area (Å²) in [5.74, 6) is 0.530. The molecule has 91 heavy (non-hydrogen) atoms. The minimum absolute atomic E-state index is 0.0155. The summed E-state index contributed by atoms with van der Waals surface area (Å²) < 4.78 is 0. The van der Waals surface area contributed by atoms with Crippen molar-refractivity contribution in [2.75, 3.05) is 0 Å². The molecule has 12 nitrogen and oxygen atoms in total. The van der Waals surface area contributed by atoms with Gasteiger partial charge in [0, 0.05) is 62.0 Å². The lowest BCUT2D eigenvalue weighted by atomic mass is 9.66. The molecule has 0 bridgehead atoms. The maximum absolute atomic E-state index is 4.82. The second-order valence-corrected chi connectivity index (χ2v) is 29.3. The fraction of sp³-hybridized carbons (Fsp3) is 0.544. The molecule has 0 aliphatic heterocycles. The Bertz CT molecular complexity index is 3060. The second-order valence-electron chi connectivity index (χ2n) is 29.3. The summed E-state index contributed by atoms with van der Waals surface area (Å²) >= 11 is 0. The SMILES string of the molecule is CC(=NC(C)(C)CC(C)(C)C)c1ccccn1.CC(C)(C)C(C)(C)N=Cc1ccccn1.CC(C)C(C)(C)N=Cc1ccccn1.CCC(C)(C)N=C(C)c1ccccn1.CCC(C)(C)N=Cc1ccccn1.CCC(CC)(CC)C(C)(C)N=Cc1ccccn1. The van der Waals surface area contributed by atoms with Crippen molar-refractivity contribution in [3.05, 3.63) is 181 Å². The molecule has 12 heteroatoms. The van der Waals surface area contributed by atoms with Crippen LogP contribution >= 0.6 is 0 Å². The lowest BCUT2D eigenvalue weighted by molar-refractivity contribution is 0.130. The van der Waals surface area contributed by atoms with Gasteiger partial charge in [-0.2, -0.15) is 0 Å². The average Bonchev–Trinajstić information content (AvgIpc) is 0.878. The van der Waals surface area contributed by atoms with Crippen LogP contribution in [0.5, 0.6) is 0 Å². The number of aromatic nitrogens is 6. The zero-order valence-corrected chi connectivity index (χ0v) is 61.9. The van der Waals surface area contributed by atoms with Gasteiger partial charge in [0.05, 0.1) is 78.8 Å². The van der Waals surface area contributed by atoms with Crippen molar-refractivity contribution in [2.45, 2.75) is 259 Å². The molecule has 0 spiro atoms. The van der Waals surface area contributed by atoms with E-state index in [1.165, 1.54) is 0 Å². The molecule has 6 rings (SSSR count). The summed E-state index contributed by atoms with van der Waals surface area (Å²) in [5, 5.41) is 0. The van der Waals surface area contributed by atoms with Gasteiger partial charge in [-0.15, -0.1) is 0 Å². The Balaban J connectivity index is 0.000000548. The van der Waals surface area contributed by atoms with E-state index in [0.29, 0.717) is 5.92 Å². The van der Waals surface area contributed by atoms with Gasteiger partial charge in [0.25, 0.3) is 0 Å². The van der Waals surface area contributed by atoms with E-state index >= 15 is 0 Å². The van der Waals surface area contributed by atoms with E-state index in [2.05, 4.69) is 223 Å². The largest absolute Gasteiger partial charge is 0.285 e. The zero-order chi connectivity index (χ0) is 69.2. The van der Waals surface area contributed by atoms with Gasteiger partial charge < -0.3 is 0 Å². The van der Waals surface area contributed by atoms with E-state index in [-0.39, 0.29) is 49.5 Å². The highest BCUT2D eigenvalue weighted by molar-refractivity contribution is 5.97. The maximum Gasteiger partial charge on any atom is 0.0837 e. The molecule has 0 N–H and O–H groups in total. The fourth-order valence-corrected chi connectivity index (χ4v) is 8.95. The quantitative estimate of drug-likeness (QED) is 0.0694. The first-order chi connectivity index (χ1) is 42.2. The van der Waals surface area contributed by atoms with Gasteiger partial charge in [0.2, 0.25) is 0 Å². The molecule has 0 amide bonds. The van der Waals surface area contributed by atoms with Crippen molar-refractivity contribution in [3.63, 3.8) is 0 Å². The summed E-state index contributed by atoms with van der Waals surface area (Å²) in [5.41, 5.74) is 8.21. The Morgan fingerprint density at radius 2 is 0.670 bits per heavy atom. The van der Waals surface area contributed by atoms with Gasteiger partial charge in [-0.05, 0) is 230 Å². The molecule has 0 aromatic carbocycles. The number of aliphatic imine (C=N–C) groups is 6. The Morgan fingerprint density at radius 3 is 0.945 bits per heavy atom. The first-order valence-electron chi connectivity index (χ1n) is 33.1. The van der Waals surface area contributed by atoms with Crippen LogP contribution in [0.25, 0.3) is 0 Å². The summed E-state index contributed by atoms with van der Waals surface area (Å²) in [6.07, 6.45) is 24.8. The van der Waals surface area contributed by atoms with Gasteiger partial charge in [0.15, 0.2) is 0 Å². The normalized spacial score (nSPS) is 13.1. The average molecular weight is 1240 g/mol. The van der Waals surface area contributed by atoms with Crippen LogP contribution in [0, 0.1) is 22.2 Å². The van der Waals surface area contributed by atoms with Gasteiger partial charge in [0.1, 0.15) is 0 Å². The summed E-state index contributed by atoms with van der Waals surface area (Å²) in [4.78, 5) is 53.4. The zero-order valence-electron chi connectivity index (χ0n) is 61.9. The number of hydrogen-bond donors (Lipinski definition) is 0. The van der Waals surface area contributed by atoms with Crippen molar-refractivity contribution in [1.82, 2.24) is 29.9 Å². The highest BCUT2D eigenvalue weighted by Crippen LogP contribution is 2.44. The van der Waals surface area contributed by atoms with Crippen LogP contribution in [0.2, 0.25) is 0 Å². The summed E-state index contributed by atoms with van der Waals surface area (Å²) in [7, 11) is 0. The minimum Gasteiger partial charge on any atom is -0.285 e. The number of pyridine rings is 6. The third kappa shape index (κ3) is 33.2. The fourth-order valence-electron chi connectivity index (χ4n) is 8.95. The van der Waals surface area contributed by atoms with Crippen molar-refractivity contribution in [2.24, 2.45) is 52.1 Å². The molecule has 0 aliphatic rings. The molecular formula is C79H122N12. The van der Waals surface area contributed by atoms with Gasteiger partial charge in [-0.25, -0.2) is 0 Å². The van der Waals surface area contributed by atoms with Crippen LogP contribution in [-0.2, 0) is 0 Å². The van der Waals surface area contributed by atoms with Crippen LogP contribution < -0.4 is 0 Å². The second kappa shape index (κ2) is 38.7. The van der Waals surface area contributed by atoms with Gasteiger partial charge >= 0.3 is 0 Å². The predicted octanol–water partition coefficient (Wildman–Crippen LogP) is 20.6. The maximum atomic E-state index is 4.82. The molecular weight excluding hydrogens is 1120 g/mol. The summed E-state index contributed by atoms with van der Waals surface area (Å²) in [6, 6.07) is 35.2. The molecule has 6 aromatic rings. The number of nitrogens with zero attached hydrogens (tertiary/aromatic N) is 12. The Kier molecular flexibility index (Phi) is 34.8. The lowest BCUT2D eigenvalue weighted by Gasteiger charge is -2.43. The summed E-state index contributed by atoms with van der Waals surface area (Å²) in [6.45, 7) is 58.8. The minimum atomic E-state index is -0.0788. The molecule has 0 fully saturated rings.